The van der Waals surface area contributed by atoms with E-state index < -0.39 is 11.7 Å². The lowest BCUT2D eigenvalue weighted by Crippen LogP contribution is -2.34. The molecule has 3 rings (SSSR count). The molecule has 0 saturated heterocycles. The van der Waals surface area contributed by atoms with Crippen LogP contribution in [0, 0.1) is 5.82 Å². The quantitative estimate of drug-likeness (QED) is 0.906. The molecule has 2 amide bonds. The number of fused-ring (bicyclic) bond motifs is 1. The second-order valence-electron chi connectivity index (χ2n) is 5.35. The molecule has 2 N–H and O–H groups in total. The standard InChI is InChI=1S/C17H14ClFN2O2/c18-14-4-2-1-3-10(14)9-20-17(23)13-8-16(22)21-15-7-11(19)5-6-12(13)15/h1-7,13H,8-9H2,(H,20,23)(H,21,22)/t13-/m0/s1. The summed E-state index contributed by atoms with van der Waals surface area (Å²) >= 11 is 6.06. The Bertz CT molecular complexity index is 779. The van der Waals surface area contributed by atoms with E-state index in [0.717, 1.165) is 5.56 Å². The van der Waals surface area contributed by atoms with E-state index in [1.54, 1.807) is 6.07 Å². The van der Waals surface area contributed by atoms with E-state index in [4.69, 9.17) is 11.6 Å². The molecular formula is C17H14ClFN2O2. The van der Waals surface area contributed by atoms with Crippen LogP contribution in [0.5, 0.6) is 0 Å². The van der Waals surface area contributed by atoms with Crippen molar-refractivity contribution < 1.29 is 14.0 Å². The van der Waals surface area contributed by atoms with Gasteiger partial charge in [-0.1, -0.05) is 35.9 Å². The van der Waals surface area contributed by atoms with Gasteiger partial charge in [0.25, 0.3) is 0 Å². The van der Waals surface area contributed by atoms with Gasteiger partial charge in [-0.15, -0.1) is 0 Å². The van der Waals surface area contributed by atoms with Gasteiger partial charge in [-0.05, 0) is 29.3 Å². The Morgan fingerprint density at radius 1 is 1.30 bits per heavy atom. The Kier molecular flexibility index (Phi) is 4.30. The van der Waals surface area contributed by atoms with Crippen molar-refractivity contribution in [1.82, 2.24) is 5.32 Å². The van der Waals surface area contributed by atoms with Crippen molar-refractivity contribution in [2.45, 2.75) is 18.9 Å². The molecule has 2 aromatic rings. The fraction of sp³-hybridized carbons (Fsp3) is 0.176. The summed E-state index contributed by atoms with van der Waals surface area (Å²) in [5, 5.41) is 5.94. The number of carbonyl (C=O) groups is 2. The average Bonchev–Trinajstić information content (AvgIpc) is 2.52. The van der Waals surface area contributed by atoms with Gasteiger partial charge in [0.1, 0.15) is 5.82 Å². The molecule has 1 atom stereocenters. The Morgan fingerprint density at radius 3 is 2.87 bits per heavy atom. The van der Waals surface area contributed by atoms with Crippen LogP contribution in [0.4, 0.5) is 10.1 Å². The summed E-state index contributed by atoms with van der Waals surface area (Å²) in [6, 6.07) is 11.2. The largest absolute Gasteiger partial charge is 0.351 e. The number of nitrogens with one attached hydrogen (secondary N) is 2. The number of benzene rings is 2. The van der Waals surface area contributed by atoms with E-state index in [1.165, 1.54) is 18.2 Å². The number of rotatable bonds is 3. The number of hydrogen-bond acceptors (Lipinski definition) is 2. The first-order valence-corrected chi connectivity index (χ1v) is 7.53. The number of amides is 2. The van der Waals surface area contributed by atoms with Crippen LogP contribution in [0.15, 0.2) is 42.5 Å². The van der Waals surface area contributed by atoms with Crippen LogP contribution in [0.1, 0.15) is 23.5 Å². The first-order chi connectivity index (χ1) is 11.0. The minimum absolute atomic E-state index is 0.0347. The maximum atomic E-state index is 13.3. The molecule has 4 nitrogen and oxygen atoms in total. The molecule has 23 heavy (non-hydrogen) atoms. The normalized spacial score (nSPS) is 16.4. The molecule has 1 aliphatic rings. The predicted octanol–water partition coefficient (Wildman–Crippen LogP) is 3.22. The topological polar surface area (TPSA) is 58.2 Å². The monoisotopic (exact) mass is 332 g/mol. The second-order valence-corrected chi connectivity index (χ2v) is 5.75. The summed E-state index contributed by atoms with van der Waals surface area (Å²) in [7, 11) is 0. The third-order valence-electron chi connectivity index (χ3n) is 3.78. The number of anilines is 1. The number of hydrogen-bond donors (Lipinski definition) is 2. The van der Waals surface area contributed by atoms with Crippen molar-refractivity contribution in [3.63, 3.8) is 0 Å². The van der Waals surface area contributed by atoms with Gasteiger partial charge in [-0.25, -0.2) is 4.39 Å². The Hall–Kier alpha value is -2.40. The molecule has 2 aromatic carbocycles. The average molecular weight is 333 g/mol. The lowest BCUT2D eigenvalue weighted by Gasteiger charge is -2.25. The van der Waals surface area contributed by atoms with Crippen LogP contribution in [-0.4, -0.2) is 11.8 Å². The first-order valence-electron chi connectivity index (χ1n) is 7.15. The van der Waals surface area contributed by atoms with Crippen molar-refractivity contribution in [2.75, 3.05) is 5.32 Å². The van der Waals surface area contributed by atoms with Crippen LogP contribution >= 0.6 is 11.6 Å². The van der Waals surface area contributed by atoms with Crippen LogP contribution in [0.2, 0.25) is 5.02 Å². The van der Waals surface area contributed by atoms with Crippen LogP contribution in [0.3, 0.4) is 0 Å². The molecule has 0 fully saturated rings. The SMILES string of the molecule is O=C1C[C@H](C(=O)NCc2ccccc2Cl)c2ccc(F)cc2N1. The summed E-state index contributed by atoms with van der Waals surface area (Å²) in [4.78, 5) is 24.2. The maximum absolute atomic E-state index is 13.3. The highest BCUT2D eigenvalue weighted by atomic mass is 35.5. The third kappa shape index (κ3) is 3.35. The van der Waals surface area contributed by atoms with Gasteiger partial charge in [0.2, 0.25) is 11.8 Å². The van der Waals surface area contributed by atoms with Crippen LogP contribution in [0.25, 0.3) is 0 Å². The van der Waals surface area contributed by atoms with E-state index in [-0.39, 0.29) is 24.8 Å². The number of halogens is 2. The van der Waals surface area contributed by atoms with Gasteiger partial charge >= 0.3 is 0 Å². The van der Waals surface area contributed by atoms with Crippen molar-refractivity contribution in [1.29, 1.82) is 0 Å². The van der Waals surface area contributed by atoms with E-state index in [1.807, 2.05) is 18.2 Å². The Labute approximate surface area is 137 Å². The first kappa shape index (κ1) is 15.5. The van der Waals surface area contributed by atoms with Gasteiger partial charge in [0.05, 0.1) is 5.92 Å². The third-order valence-corrected chi connectivity index (χ3v) is 4.15. The number of carbonyl (C=O) groups excluding carboxylic acids is 2. The minimum Gasteiger partial charge on any atom is -0.351 e. The van der Waals surface area contributed by atoms with Gasteiger partial charge in [0.15, 0.2) is 0 Å². The summed E-state index contributed by atoms with van der Waals surface area (Å²) in [5.41, 5.74) is 1.75. The van der Waals surface area contributed by atoms with Crippen LogP contribution < -0.4 is 10.6 Å². The molecule has 1 aliphatic heterocycles. The van der Waals surface area contributed by atoms with Gasteiger partial charge < -0.3 is 10.6 Å². The minimum atomic E-state index is -0.637. The molecule has 6 heteroatoms. The zero-order chi connectivity index (χ0) is 16.4. The molecule has 118 valence electrons. The van der Waals surface area contributed by atoms with Crippen molar-refractivity contribution in [2.24, 2.45) is 0 Å². The highest BCUT2D eigenvalue weighted by molar-refractivity contribution is 6.31. The summed E-state index contributed by atoms with van der Waals surface area (Å²) in [5.74, 6) is -1.68. The van der Waals surface area contributed by atoms with Crippen molar-refractivity contribution in [3.8, 4) is 0 Å². The van der Waals surface area contributed by atoms with E-state index in [0.29, 0.717) is 16.3 Å². The van der Waals surface area contributed by atoms with Gasteiger partial charge in [-0.2, -0.15) is 0 Å². The molecule has 0 radical (unpaired) electrons. The van der Waals surface area contributed by atoms with E-state index in [9.17, 15) is 14.0 Å². The Morgan fingerprint density at radius 2 is 2.09 bits per heavy atom. The summed E-state index contributed by atoms with van der Waals surface area (Å²) in [6.45, 7) is 0.271. The second kappa shape index (κ2) is 6.38. The van der Waals surface area contributed by atoms with Gasteiger partial charge in [0, 0.05) is 23.7 Å². The van der Waals surface area contributed by atoms with E-state index >= 15 is 0 Å². The molecule has 0 saturated carbocycles. The molecule has 0 unspecified atom stereocenters. The zero-order valence-electron chi connectivity index (χ0n) is 12.1. The van der Waals surface area contributed by atoms with Crippen molar-refractivity contribution in [3.05, 3.63) is 64.4 Å². The molecule has 0 bridgehead atoms. The van der Waals surface area contributed by atoms with Gasteiger partial charge in [-0.3, -0.25) is 9.59 Å². The summed E-state index contributed by atoms with van der Waals surface area (Å²) in [6.07, 6.45) is 0.0347. The smallest absolute Gasteiger partial charge is 0.228 e. The van der Waals surface area contributed by atoms with E-state index in [2.05, 4.69) is 10.6 Å². The molecule has 0 aliphatic carbocycles. The lowest BCUT2D eigenvalue weighted by atomic mass is 9.89. The lowest BCUT2D eigenvalue weighted by molar-refractivity contribution is -0.126. The molecule has 0 aromatic heterocycles. The van der Waals surface area contributed by atoms with Crippen LogP contribution in [-0.2, 0) is 16.1 Å². The zero-order valence-corrected chi connectivity index (χ0v) is 12.9. The maximum Gasteiger partial charge on any atom is 0.228 e. The van der Waals surface area contributed by atoms with Crippen molar-refractivity contribution >= 4 is 29.1 Å². The highest BCUT2D eigenvalue weighted by Crippen LogP contribution is 2.33. The fourth-order valence-corrected chi connectivity index (χ4v) is 2.82. The molecular weight excluding hydrogens is 319 g/mol. The predicted molar refractivity (Wildman–Crippen MR) is 85.7 cm³/mol. The highest BCUT2D eigenvalue weighted by Gasteiger charge is 2.30. The molecule has 0 spiro atoms. The fourth-order valence-electron chi connectivity index (χ4n) is 2.62. The molecule has 1 heterocycles. The summed E-state index contributed by atoms with van der Waals surface area (Å²) < 4.78 is 13.3. The Balaban J connectivity index is 1.78.